The Bertz CT molecular complexity index is 408. The van der Waals surface area contributed by atoms with E-state index >= 15 is 0 Å². The van der Waals surface area contributed by atoms with E-state index in [4.69, 9.17) is 0 Å². The third-order valence-electron chi connectivity index (χ3n) is 1.43. The van der Waals surface area contributed by atoms with Crippen molar-refractivity contribution in [3.8, 4) is 0 Å². The Balaban J connectivity index is 2.74. The van der Waals surface area contributed by atoms with Crippen molar-refractivity contribution in [2.24, 2.45) is 0 Å². The average Bonchev–Trinajstić information content (AvgIpc) is 2.02. The first-order valence-corrected chi connectivity index (χ1v) is 5.54. The van der Waals surface area contributed by atoms with Gasteiger partial charge >= 0.3 is 16.1 Å². The van der Waals surface area contributed by atoms with Gasteiger partial charge in [0.15, 0.2) is 0 Å². The minimum absolute atomic E-state index is 0.284. The molecule has 1 rings (SSSR count). The van der Waals surface area contributed by atoms with Gasteiger partial charge in [0, 0.05) is 6.92 Å². The molecule has 0 aromatic heterocycles. The zero-order valence-electron chi connectivity index (χ0n) is 7.64. The fraction of sp³-hybridized carbons (Fsp3) is 0.222. The van der Waals surface area contributed by atoms with Crippen LogP contribution in [0.25, 0.3) is 0 Å². The summed E-state index contributed by atoms with van der Waals surface area (Å²) < 4.78 is 26.5. The smallest absolute Gasteiger partial charge is 0.319 e. The highest BCUT2D eigenvalue weighted by atomic mass is 32.2. The first-order valence-electron chi connectivity index (χ1n) is 3.96. The molecule has 4 nitrogen and oxygen atoms in total. The molecule has 0 saturated heterocycles. The van der Waals surface area contributed by atoms with Gasteiger partial charge in [0.05, 0.1) is 0 Å². The quantitative estimate of drug-likeness (QED) is 0.706. The van der Waals surface area contributed by atoms with Gasteiger partial charge in [-0.05, 0) is 5.56 Å². The van der Waals surface area contributed by atoms with E-state index in [0.717, 1.165) is 6.92 Å². The Morgan fingerprint density at radius 1 is 1.29 bits per heavy atom. The van der Waals surface area contributed by atoms with E-state index in [0.29, 0.717) is 5.56 Å². The minimum Gasteiger partial charge on any atom is -0.346 e. The van der Waals surface area contributed by atoms with Gasteiger partial charge in [-0.25, -0.2) is 0 Å². The number of rotatable bonds is 3. The molecule has 0 radical (unpaired) electrons. The maximum Gasteiger partial charge on any atom is 0.319 e. The lowest BCUT2D eigenvalue weighted by molar-refractivity contribution is -0.131. The number of benzene rings is 1. The molecule has 0 unspecified atom stereocenters. The number of hydrogen-bond donors (Lipinski definition) is 0. The molecule has 1 aromatic rings. The van der Waals surface area contributed by atoms with Crippen LogP contribution in [0.2, 0.25) is 0 Å². The van der Waals surface area contributed by atoms with Crippen LogP contribution >= 0.6 is 0 Å². The summed E-state index contributed by atoms with van der Waals surface area (Å²) in [5, 5.41) is 0. The van der Waals surface area contributed by atoms with Crippen LogP contribution in [0.3, 0.4) is 0 Å². The predicted molar refractivity (Wildman–Crippen MR) is 50.8 cm³/mol. The molecular formula is C9H10O4S. The van der Waals surface area contributed by atoms with Gasteiger partial charge in [0.25, 0.3) is 0 Å². The highest BCUT2D eigenvalue weighted by Gasteiger charge is 2.14. The summed E-state index contributed by atoms with van der Waals surface area (Å²) in [6.07, 6.45) is 0. The van der Waals surface area contributed by atoms with E-state index in [9.17, 15) is 13.2 Å². The summed E-state index contributed by atoms with van der Waals surface area (Å²) in [6, 6.07) is 8.53. The fourth-order valence-corrected chi connectivity index (χ4v) is 2.00. The van der Waals surface area contributed by atoms with Crippen molar-refractivity contribution in [2.45, 2.75) is 12.7 Å². The number of carbonyl (C=O) groups is 1. The molecule has 0 heterocycles. The van der Waals surface area contributed by atoms with Crippen LogP contribution in [0.5, 0.6) is 0 Å². The Morgan fingerprint density at radius 2 is 1.86 bits per heavy atom. The highest BCUT2D eigenvalue weighted by Crippen LogP contribution is 2.06. The summed E-state index contributed by atoms with van der Waals surface area (Å²) >= 11 is 0. The van der Waals surface area contributed by atoms with E-state index in [1.54, 1.807) is 30.3 Å². The van der Waals surface area contributed by atoms with Crippen LogP contribution in [-0.2, 0) is 24.8 Å². The Labute approximate surface area is 82.6 Å². The minimum atomic E-state index is -3.78. The highest BCUT2D eigenvalue weighted by molar-refractivity contribution is 7.86. The van der Waals surface area contributed by atoms with Crippen LogP contribution in [0, 0.1) is 0 Å². The second-order valence-corrected chi connectivity index (χ2v) is 4.33. The maximum absolute atomic E-state index is 11.2. The van der Waals surface area contributed by atoms with Gasteiger partial charge in [0.2, 0.25) is 0 Å². The van der Waals surface area contributed by atoms with Crippen LogP contribution in [-0.4, -0.2) is 14.4 Å². The van der Waals surface area contributed by atoms with Crippen molar-refractivity contribution in [3.63, 3.8) is 0 Å². The SMILES string of the molecule is CC(=O)OS(=O)(=O)Cc1ccccc1. The van der Waals surface area contributed by atoms with Gasteiger partial charge in [-0.1, -0.05) is 30.3 Å². The molecule has 14 heavy (non-hydrogen) atoms. The Morgan fingerprint density at radius 3 is 2.36 bits per heavy atom. The summed E-state index contributed by atoms with van der Waals surface area (Å²) in [5.41, 5.74) is 0.591. The molecule has 0 aliphatic heterocycles. The molecule has 0 aliphatic rings. The summed E-state index contributed by atoms with van der Waals surface area (Å²) in [7, 11) is -3.78. The maximum atomic E-state index is 11.2. The fourth-order valence-electron chi connectivity index (χ4n) is 0.987. The summed E-state index contributed by atoms with van der Waals surface area (Å²) in [5.74, 6) is -1.10. The van der Waals surface area contributed by atoms with E-state index in [2.05, 4.69) is 4.18 Å². The van der Waals surface area contributed by atoms with Crippen molar-refractivity contribution in [2.75, 3.05) is 0 Å². The summed E-state index contributed by atoms with van der Waals surface area (Å²) in [6.45, 7) is 1.06. The van der Waals surface area contributed by atoms with E-state index < -0.39 is 16.1 Å². The molecular weight excluding hydrogens is 204 g/mol. The standard InChI is InChI=1S/C9H10O4S/c1-8(10)13-14(11,12)7-9-5-3-2-4-6-9/h2-6H,7H2,1H3. The largest absolute Gasteiger partial charge is 0.346 e. The molecule has 1 aromatic carbocycles. The Kier molecular flexibility index (Phi) is 3.24. The molecule has 0 aliphatic carbocycles. The lowest BCUT2D eigenvalue weighted by Crippen LogP contribution is -2.12. The molecule has 0 atom stereocenters. The van der Waals surface area contributed by atoms with Gasteiger partial charge in [-0.2, -0.15) is 8.42 Å². The second-order valence-electron chi connectivity index (χ2n) is 2.76. The molecule has 5 heteroatoms. The van der Waals surface area contributed by atoms with Gasteiger partial charge in [-0.15, -0.1) is 0 Å². The molecule has 0 bridgehead atoms. The van der Waals surface area contributed by atoms with Crippen molar-refractivity contribution in [1.29, 1.82) is 0 Å². The van der Waals surface area contributed by atoms with Gasteiger partial charge in [0.1, 0.15) is 5.75 Å². The van der Waals surface area contributed by atoms with Gasteiger partial charge in [-0.3, -0.25) is 4.79 Å². The topological polar surface area (TPSA) is 60.4 Å². The van der Waals surface area contributed by atoms with Crippen LogP contribution < -0.4 is 0 Å². The number of carbonyl (C=O) groups excluding carboxylic acids is 1. The molecule has 0 spiro atoms. The van der Waals surface area contributed by atoms with Crippen molar-refractivity contribution in [1.82, 2.24) is 0 Å². The Hall–Kier alpha value is -1.36. The number of hydrogen-bond acceptors (Lipinski definition) is 4. The molecule has 0 amide bonds. The monoisotopic (exact) mass is 214 g/mol. The first-order chi connectivity index (χ1) is 6.49. The zero-order chi connectivity index (χ0) is 10.6. The lowest BCUT2D eigenvalue weighted by atomic mass is 10.2. The van der Waals surface area contributed by atoms with Crippen LogP contribution in [0.4, 0.5) is 0 Å². The van der Waals surface area contributed by atoms with Crippen molar-refractivity contribution in [3.05, 3.63) is 35.9 Å². The van der Waals surface area contributed by atoms with Gasteiger partial charge < -0.3 is 4.18 Å². The average molecular weight is 214 g/mol. The predicted octanol–water partition coefficient (Wildman–Crippen LogP) is 1.08. The third-order valence-corrected chi connectivity index (χ3v) is 2.61. The third kappa shape index (κ3) is 3.57. The second kappa shape index (κ2) is 4.23. The van der Waals surface area contributed by atoms with E-state index in [1.165, 1.54) is 0 Å². The zero-order valence-corrected chi connectivity index (χ0v) is 8.45. The summed E-state index contributed by atoms with van der Waals surface area (Å²) in [4.78, 5) is 10.4. The molecule has 0 fully saturated rings. The van der Waals surface area contributed by atoms with Crippen LogP contribution in [0.1, 0.15) is 12.5 Å². The van der Waals surface area contributed by atoms with E-state index in [-0.39, 0.29) is 5.75 Å². The van der Waals surface area contributed by atoms with Crippen molar-refractivity contribution >= 4 is 16.1 Å². The molecule has 76 valence electrons. The van der Waals surface area contributed by atoms with E-state index in [1.807, 2.05) is 0 Å². The van der Waals surface area contributed by atoms with Crippen molar-refractivity contribution < 1.29 is 17.4 Å². The van der Waals surface area contributed by atoms with Crippen LogP contribution in [0.15, 0.2) is 30.3 Å². The molecule has 0 N–H and O–H groups in total. The first kappa shape index (κ1) is 10.7. The normalized spacial score (nSPS) is 10.9. The lowest BCUT2D eigenvalue weighted by Gasteiger charge is -2.02. The molecule has 0 saturated carbocycles.